The van der Waals surface area contributed by atoms with Crippen molar-refractivity contribution in [3.63, 3.8) is 0 Å². The van der Waals surface area contributed by atoms with Crippen LogP contribution in [0.25, 0.3) is 5.65 Å². The van der Waals surface area contributed by atoms with E-state index in [2.05, 4.69) is 4.98 Å². The normalized spacial score (nSPS) is 11.4. The minimum atomic E-state index is -3.84. The quantitative estimate of drug-likeness (QED) is 0.407. The van der Waals surface area contributed by atoms with Crippen molar-refractivity contribution in [2.45, 2.75) is 11.5 Å². The number of benzene rings is 2. The largest absolute Gasteiger partial charge is 0.456 e. The average molecular weight is 456 g/mol. The molecule has 2 heterocycles. The first-order chi connectivity index (χ1) is 14.8. The van der Waals surface area contributed by atoms with Gasteiger partial charge in [-0.25, -0.2) is 18.2 Å². The van der Waals surface area contributed by atoms with Gasteiger partial charge in [0.1, 0.15) is 12.3 Å². The third-order valence-electron chi connectivity index (χ3n) is 4.66. The molecule has 9 heteroatoms. The molecule has 0 saturated carbocycles. The molecular formula is C22H18ClN3O4S. The van der Waals surface area contributed by atoms with Crippen LogP contribution in [0.2, 0.25) is 5.02 Å². The van der Waals surface area contributed by atoms with Gasteiger partial charge >= 0.3 is 5.97 Å². The van der Waals surface area contributed by atoms with E-state index < -0.39 is 16.0 Å². The number of rotatable bonds is 6. The zero-order valence-electron chi connectivity index (χ0n) is 16.5. The molecule has 0 aliphatic carbocycles. The molecule has 0 fully saturated rings. The molecule has 0 bridgehead atoms. The number of carbonyl (C=O) groups is 1. The van der Waals surface area contributed by atoms with Gasteiger partial charge in [0.15, 0.2) is 0 Å². The number of carbonyl (C=O) groups excluding carboxylic acids is 1. The van der Waals surface area contributed by atoms with Crippen molar-refractivity contribution < 1.29 is 17.9 Å². The number of halogens is 1. The minimum absolute atomic E-state index is 0.00400. The van der Waals surface area contributed by atoms with Crippen LogP contribution in [0, 0.1) is 0 Å². The number of fused-ring (bicyclic) bond motifs is 1. The monoisotopic (exact) mass is 455 g/mol. The van der Waals surface area contributed by atoms with Gasteiger partial charge in [0.2, 0.25) is 0 Å². The van der Waals surface area contributed by atoms with E-state index in [9.17, 15) is 13.2 Å². The first kappa shape index (κ1) is 20.9. The van der Waals surface area contributed by atoms with Gasteiger partial charge in [-0.15, -0.1) is 0 Å². The predicted octanol–water partition coefficient (Wildman–Crippen LogP) is 4.17. The molecule has 0 atom stereocenters. The number of nitrogens with zero attached hydrogens (tertiary/aromatic N) is 3. The lowest BCUT2D eigenvalue weighted by atomic mass is 10.2. The first-order valence-corrected chi connectivity index (χ1v) is 11.1. The SMILES string of the molecule is CN(c1ccccc1)S(=O)(=O)c1cccc(C(=O)OCc2cn3cc(Cl)ccc3n2)c1. The smallest absolute Gasteiger partial charge is 0.338 e. The summed E-state index contributed by atoms with van der Waals surface area (Å²) in [5, 5.41) is 0.562. The lowest BCUT2D eigenvalue weighted by Gasteiger charge is -2.19. The molecule has 158 valence electrons. The maximum atomic E-state index is 13.0. The maximum Gasteiger partial charge on any atom is 0.338 e. The number of sulfonamides is 1. The Morgan fingerprint density at radius 1 is 1.06 bits per heavy atom. The van der Waals surface area contributed by atoms with Crippen LogP contribution in [0.3, 0.4) is 0 Å². The van der Waals surface area contributed by atoms with E-state index in [4.69, 9.17) is 16.3 Å². The molecule has 0 N–H and O–H groups in total. The number of hydrogen-bond acceptors (Lipinski definition) is 5. The number of ether oxygens (including phenoxy) is 1. The Kier molecular flexibility index (Phi) is 5.67. The lowest BCUT2D eigenvalue weighted by Crippen LogP contribution is -2.26. The number of para-hydroxylation sites is 1. The lowest BCUT2D eigenvalue weighted by molar-refractivity contribution is 0.0468. The zero-order chi connectivity index (χ0) is 22.0. The molecule has 0 aliphatic rings. The topological polar surface area (TPSA) is 81.0 Å². The van der Waals surface area contributed by atoms with Crippen LogP contribution < -0.4 is 4.31 Å². The van der Waals surface area contributed by atoms with Gasteiger partial charge in [-0.2, -0.15) is 0 Å². The maximum absolute atomic E-state index is 13.0. The third kappa shape index (κ3) is 4.40. The van der Waals surface area contributed by atoms with E-state index >= 15 is 0 Å². The summed E-state index contributed by atoms with van der Waals surface area (Å²) in [5.74, 6) is -0.644. The number of imidazole rings is 1. The summed E-state index contributed by atoms with van der Waals surface area (Å²) in [4.78, 5) is 16.9. The summed E-state index contributed by atoms with van der Waals surface area (Å²) < 4.78 is 34.2. The highest BCUT2D eigenvalue weighted by Gasteiger charge is 2.22. The van der Waals surface area contributed by atoms with Gasteiger partial charge in [0, 0.05) is 19.4 Å². The molecule has 0 aliphatic heterocycles. The van der Waals surface area contributed by atoms with Gasteiger partial charge in [-0.05, 0) is 42.5 Å². The second kappa shape index (κ2) is 8.41. The van der Waals surface area contributed by atoms with E-state index in [-0.39, 0.29) is 17.1 Å². The second-order valence-corrected chi connectivity index (χ2v) is 9.16. The van der Waals surface area contributed by atoms with Crippen molar-refractivity contribution in [2.24, 2.45) is 0 Å². The standard InChI is InChI=1S/C22H18ClN3O4S/c1-25(19-7-3-2-4-8-19)31(28,29)20-9-5-6-16(12-20)22(27)30-15-18-14-26-13-17(23)10-11-21(26)24-18/h2-14H,15H2,1H3. The Bertz CT molecular complexity index is 1350. The molecule has 0 saturated heterocycles. The van der Waals surface area contributed by atoms with Crippen molar-refractivity contribution in [3.8, 4) is 0 Å². The highest BCUT2D eigenvalue weighted by atomic mass is 35.5. The Morgan fingerprint density at radius 3 is 2.61 bits per heavy atom. The molecule has 7 nitrogen and oxygen atoms in total. The van der Waals surface area contributed by atoms with Crippen molar-refractivity contribution in [3.05, 3.63) is 95.4 Å². The van der Waals surface area contributed by atoms with Crippen LogP contribution >= 0.6 is 11.6 Å². The van der Waals surface area contributed by atoms with E-state index in [0.29, 0.717) is 22.1 Å². The van der Waals surface area contributed by atoms with Crippen LogP contribution in [0.5, 0.6) is 0 Å². The van der Waals surface area contributed by atoms with Crippen molar-refractivity contribution in [2.75, 3.05) is 11.4 Å². The van der Waals surface area contributed by atoms with Gasteiger partial charge in [-0.3, -0.25) is 4.31 Å². The Labute approximate surface area is 184 Å². The van der Waals surface area contributed by atoms with Crippen molar-refractivity contribution in [1.29, 1.82) is 0 Å². The fraction of sp³-hybridized carbons (Fsp3) is 0.0909. The Hall–Kier alpha value is -3.36. The summed E-state index contributed by atoms with van der Waals surface area (Å²) in [7, 11) is -2.38. The molecular weight excluding hydrogens is 438 g/mol. The summed E-state index contributed by atoms with van der Waals surface area (Å²) in [6.45, 7) is -0.0565. The van der Waals surface area contributed by atoms with Gasteiger partial charge in [0.05, 0.1) is 26.9 Å². The zero-order valence-corrected chi connectivity index (χ0v) is 18.0. The molecule has 31 heavy (non-hydrogen) atoms. The van der Waals surface area contributed by atoms with E-state index in [1.165, 1.54) is 35.6 Å². The highest BCUT2D eigenvalue weighted by Crippen LogP contribution is 2.22. The van der Waals surface area contributed by atoms with Crippen molar-refractivity contribution in [1.82, 2.24) is 9.38 Å². The highest BCUT2D eigenvalue weighted by molar-refractivity contribution is 7.92. The molecule has 0 radical (unpaired) electrons. The molecule has 2 aromatic carbocycles. The first-order valence-electron chi connectivity index (χ1n) is 9.29. The van der Waals surface area contributed by atoms with E-state index in [1.54, 1.807) is 59.3 Å². The number of hydrogen-bond donors (Lipinski definition) is 0. The van der Waals surface area contributed by atoms with Crippen LogP contribution in [-0.4, -0.2) is 30.8 Å². The summed E-state index contributed by atoms with van der Waals surface area (Å²) in [5.41, 5.74) is 1.87. The number of esters is 1. The predicted molar refractivity (Wildman–Crippen MR) is 118 cm³/mol. The Morgan fingerprint density at radius 2 is 1.84 bits per heavy atom. The fourth-order valence-corrected chi connectivity index (χ4v) is 4.44. The van der Waals surface area contributed by atoms with Gasteiger partial charge in [-0.1, -0.05) is 35.9 Å². The minimum Gasteiger partial charge on any atom is -0.456 e. The van der Waals surface area contributed by atoms with Gasteiger partial charge < -0.3 is 9.14 Å². The number of aromatic nitrogens is 2. The number of anilines is 1. The molecule has 4 rings (SSSR count). The molecule has 0 spiro atoms. The summed E-state index contributed by atoms with van der Waals surface area (Å²) in [6.07, 6.45) is 3.41. The molecule has 2 aromatic heterocycles. The fourth-order valence-electron chi connectivity index (χ4n) is 3.03. The van der Waals surface area contributed by atoms with Crippen LogP contribution in [0.1, 0.15) is 16.1 Å². The van der Waals surface area contributed by atoms with Crippen molar-refractivity contribution >= 4 is 38.9 Å². The molecule has 0 amide bonds. The van der Waals surface area contributed by atoms with Crippen LogP contribution in [0.4, 0.5) is 5.69 Å². The van der Waals surface area contributed by atoms with Gasteiger partial charge in [0.25, 0.3) is 10.0 Å². The average Bonchev–Trinajstić information content (AvgIpc) is 3.19. The van der Waals surface area contributed by atoms with E-state index in [1.807, 2.05) is 0 Å². The third-order valence-corrected chi connectivity index (χ3v) is 6.67. The van der Waals surface area contributed by atoms with Crippen LogP contribution in [0.15, 0.2) is 84.0 Å². The van der Waals surface area contributed by atoms with E-state index in [0.717, 1.165) is 0 Å². The summed E-state index contributed by atoms with van der Waals surface area (Å²) in [6, 6.07) is 17.9. The number of pyridine rings is 1. The molecule has 4 aromatic rings. The summed E-state index contributed by atoms with van der Waals surface area (Å²) >= 11 is 5.96. The van der Waals surface area contributed by atoms with Crippen LogP contribution in [-0.2, 0) is 21.4 Å². The Balaban J connectivity index is 1.51. The molecule has 0 unspecified atom stereocenters. The second-order valence-electron chi connectivity index (χ2n) is 6.76.